The Morgan fingerprint density at radius 1 is 0.950 bits per heavy atom. The average molecular weight is 588 g/mol. The first-order valence-corrected chi connectivity index (χ1v) is 14.6. The Kier molecular flexibility index (Phi) is 10.8. The highest BCUT2D eigenvalue weighted by molar-refractivity contribution is 7.92. The van der Waals surface area contributed by atoms with E-state index >= 15 is 0 Å². The maximum Gasteiger partial charge on any atom is 0.264 e. The van der Waals surface area contributed by atoms with Crippen LogP contribution in [0, 0.1) is 0 Å². The van der Waals surface area contributed by atoms with Gasteiger partial charge in [0.05, 0.1) is 24.8 Å². The molecule has 214 valence electrons. The van der Waals surface area contributed by atoms with Crippen molar-refractivity contribution in [3.8, 4) is 11.5 Å². The summed E-state index contributed by atoms with van der Waals surface area (Å²) in [6, 6.07) is 18.5. The highest BCUT2D eigenvalue weighted by Gasteiger charge is 2.33. The molecular formula is C29H34ClN3O6S. The van der Waals surface area contributed by atoms with Crippen LogP contribution in [0.3, 0.4) is 0 Å². The Balaban J connectivity index is 2.06. The number of sulfonamides is 1. The van der Waals surface area contributed by atoms with Crippen LogP contribution in [0.2, 0.25) is 5.02 Å². The van der Waals surface area contributed by atoms with Crippen LogP contribution in [0.25, 0.3) is 0 Å². The monoisotopic (exact) mass is 587 g/mol. The van der Waals surface area contributed by atoms with Crippen LogP contribution in [0.4, 0.5) is 5.69 Å². The van der Waals surface area contributed by atoms with E-state index in [0.29, 0.717) is 23.1 Å². The zero-order valence-corrected chi connectivity index (χ0v) is 24.5. The van der Waals surface area contributed by atoms with E-state index in [0.717, 1.165) is 16.3 Å². The van der Waals surface area contributed by atoms with E-state index < -0.39 is 28.5 Å². The molecule has 0 spiro atoms. The fourth-order valence-corrected chi connectivity index (χ4v) is 5.55. The molecule has 1 N–H and O–H groups in total. The van der Waals surface area contributed by atoms with E-state index in [1.54, 1.807) is 55.5 Å². The highest BCUT2D eigenvalue weighted by Crippen LogP contribution is 2.34. The van der Waals surface area contributed by atoms with Gasteiger partial charge in [-0.3, -0.25) is 13.9 Å². The second-order valence-electron chi connectivity index (χ2n) is 8.98. The predicted octanol–water partition coefficient (Wildman–Crippen LogP) is 4.50. The third kappa shape index (κ3) is 7.45. The second-order valence-corrected chi connectivity index (χ2v) is 11.3. The van der Waals surface area contributed by atoms with Crippen molar-refractivity contribution in [3.63, 3.8) is 0 Å². The second kappa shape index (κ2) is 14.0. The molecule has 2 amide bonds. The number of amides is 2. The van der Waals surface area contributed by atoms with Crippen molar-refractivity contribution in [2.45, 2.75) is 37.8 Å². The maximum absolute atomic E-state index is 13.9. The zero-order chi connectivity index (χ0) is 29.3. The van der Waals surface area contributed by atoms with Gasteiger partial charge in [-0.2, -0.15) is 0 Å². The summed E-state index contributed by atoms with van der Waals surface area (Å²) in [5.41, 5.74) is 0.931. The van der Waals surface area contributed by atoms with Crippen LogP contribution in [-0.4, -0.2) is 58.5 Å². The average Bonchev–Trinajstić information content (AvgIpc) is 2.97. The minimum atomic E-state index is -4.19. The maximum atomic E-state index is 13.9. The van der Waals surface area contributed by atoms with Gasteiger partial charge in [0.1, 0.15) is 12.6 Å². The quantitative estimate of drug-likeness (QED) is 0.316. The van der Waals surface area contributed by atoms with Gasteiger partial charge in [-0.15, -0.1) is 0 Å². The molecule has 0 bridgehead atoms. The molecule has 0 radical (unpaired) electrons. The van der Waals surface area contributed by atoms with Gasteiger partial charge < -0.3 is 19.7 Å². The van der Waals surface area contributed by atoms with Crippen molar-refractivity contribution >= 4 is 39.1 Å². The normalized spacial score (nSPS) is 11.8. The third-order valence-corrected chi connectivity index (χ3v) is 8.29. The van der Waals surface area contributed by atoms with Gasteiger partial charge in [0, 0.05) is 24.2 Å². The summed E-state index contributed by atoms with van der Waals surface area (Å²) >= 11 is 6.04. The van der Waals surface area contributed by atoms with Crippen molar-refractivity contribution in [2.24, 2.45) is 0 Å². The molecule has 0 saturated carbocycles. The highest BCUT2D eigenvalue weighted by atomic mass is 35.5. The molecule has 9 nitrogen and oxygen atoms in total. The molecule has 0 heterocycles. The Morgan fingerprint density at radius 2 is 1.60 bits per heavy atom. The number of anilines is 1. The number of nitrogens with one attached hydrogen (secondary N) is 1. The van der Waals surface area contributed by atoms with Crippen molar-refractivity contribution < 1.29 is 27.5 Å². The van der Waals surface area contributed by atoms with E-state index in [9.17, 15) is 18.0 Å². The number of halogens is 1. The number of rotatable bonds is 13. The van der Waals surface area contributed by atoms with Gasteiger partial charge in [0.2, 0.25) is 11.8 Å². The van der Waals surface area contributed by atoms with Crippen LogP contribution in [0.15, 0.2) is 77.7 Å². The molecule has 40 heavy (non-hydrogen) atoms. The van der Waals surface area contributed by atoms with Crippen molar-refractivity contribution in [1.29, 1.82) is 0 Å². The molecule has 0 aliphatic rings. The zero-order valence-electron chi connectivity index (χ0n) is 23.0. The van der Waals surface area contributed by atoms with Crippen LogP contribution in [-0.2, 0) is 26.2 Å². The van der Waals surface area contributed by atoms with E-state index in [-0.39, 0.29) is 23.0 Å². The van der Waals surface area contributed by atoms with E-state index in [2.05, 4.69) is 5.32 Å². The summed E-state index contributed by atoms with van der Waals surface area (Å²) in [5.74, 6) is -0.206. The Hall–Kier alpha value is -3.76. The van der Waals surface area contributed by atoms with Gasteiger partial charge in [-0.1, -0.05) is 48.9 Å². The lowest BCUT2D eigenvalue weighted by atomic mass is 10.1. The van der Waals surface area contributed by atoms with E-state index in [4.69, 9.17) is 21.1 Å². The lowest BCUT2D eigenvalue weighted by Crippen LogP contribution is -2.51. The minimum Gasteiger partial charge on any atom is -0.493 e. The van der Waals surface area contributed by atoms with Crippen LogP contribution in [0.1, 0.15) is 25.8 Å². The molecule has 3 aromatic carbocycles. The molecule has 3 aromatic rings. The van der Waals surface area contributed by atoms with Crippen molar-refractivity contribution in [2.75, 3.05) is 31.6 Å². The van der Waals surface area contributed by atoms with Gasteiger partial charge >= 0.3 is 0 Å². The van der Waals surface area contributed by atoms with Gasteiger partial charge in [0.15, 0.2) is 11.5 Å². The topological polar surface area (TPSA) is 105 Å². The van der Waals surface area contributed by atoms with Crippen molar-refractivity contribution in [3.05, 3.63) is 83.4 Å². The summed E-state index contributed by atoms with van der Waals surface area (Å²) in [6.07, 6.45) is 0.728. The number of benzene rings is 3. The van der Waals surface area contributed by atoms with Crippen LogP contribution in [0.5, 0.6) is 11.5 Å². The van der Waals surface area contributed by atoms with E-state index in [1.807, 2.05) is 6.92 Å². The summed E-state index contributed by atoms with van der Waals surface area (Å²) in [7, 11) is -1.29. The van der Waals surface area contributed by atoms with Gasteiger partial charge in [-0.05, 0) is 55.3 Å². The number of hydrogen-bond donors (Lipinski definition) is 1. The smallest absolute Gasteiger partial charge is 0.264 e. The van der Waals surface area contributed by atoms with E-state index in [1.165, 1.54) is 43.4 Å². The summed E-state index contributed by atoms with van der Waals surface area (Å²) in [5, 5.41) is 3.35. The lowest BCUT2D eigenvalue weighted by molar-refractivity contribution is -0.139. The number of carbonyl (C=O) groups excluding carboxylic acids is 2. The van der Waals surface area contributed by atoms with Crippen molar-refractivity contribution in [1.82, 2.24) is 10.2 Å². The molecule has 0 aliphatic heterocycles. The minimum absolute atomic E-state index is 0.00979. The number of ether oxygens (including phenoxy) is 2. The largest absolute Gasteiger partial charge is 0.493 e. The third-order valence-electron chi connectivity index (χ3n) is 6.25. The number of nitrogens with zero attached hydrogens (tertiary/aromatic N) is 2. The van der Waals surface area contributed by atoms with Crippen LogP contribution < -0.4 is 19.1 Å². The first-order valence-electron chi connectivity index (χ1n) is 12.7. The number of methoxy groups -OCH3 is 2. The number of carbonyl (C=O) groups is 2. The molecule has 1 atom stereocenters. The Bertz CT molecular complexity index is 1400. The van der Waals surface area contributed by atoms with Gasteiger partial charge in [0.25, 0.3) is 10.0 Å². The standard InChI is InChI=1S/C29H34ClN3O6S/c1-5-17-31-29(35)21(2)32(19-22-11-13-23(30)14-12-22)28(34)20-33(40(36,37)25-9-7-6-8-10-25)24-15-16-26(38-3)27(18-24)39-4/h6-16,18,21H,5,17,19-20H2,1-4H3,(H,31,35)/t21-/m0/s1. The predicted molar refractivity (Wildman–Crippen MR) is 155 cm³/mol. The Labute approximate surface area is 240 Å². The fourth-order valence-electron chi connectivity index (χ4n) is 3.99. The number of hydrogen-bond acceptors (Lipinski definition) is 6. The van der Waals surface area contributed by atoms with Crippen LogP contribution >= 0.6 is 11.6 Å². The molecule has 3 rings (SSSR count). The fraction of sp³-hybridized carbons (Fsp3) is 0.310. The SMILES string of the molecule is CCCNC(=O)[C@H](C)N(Cc1ccc(Cl)cc1)C(=O)CN(c1ccc(OC)c(OC)c1)S(=O)(=O)c1ccccc1. The Morgan fingerprint density at radius 3 is 2.20 bits per heavy atom. The summed E-state index contributed by atoms with van der Waals surface area (Å²) in [4.78, 5) is 28.2. The van der Waals surface area contributed by atoms with Gasteiger partial charge in [-0.25, -0.2) is 8.42 Å². The molecule has 11 heteroatoms. The molecular weight excluding hydrogens is 554 g/mol. The molecule has 0 saturated heterocycles. The lowest BCUT2D eigenvalue weighted by Gasteiger charge is -2.32. The summed E-state index contributed by atoms with van der Waals surface area (Å²) in [6.45, 7) is 3.50. The first-order chi connectivity index (χ1) is 19.1. The summed E-state index contributed by atoms with van der Waals surface area (Å²) < 4.78 is 39.5. The molecule has 0 aromatic heterocycles. The first kappa shape index (κ1) is 30.8. The molecule has 0 fully saturated rings. The molecule has 0 aliphatic carbocycles. The molecule has 0 unspecified atom stereocenters.